The van der Waals surface area contributed by atoms with Gasteiger partial charge in [0, 0.05) is 6.07 Å². The van der Waals surface area contributed by atoms with Gasteiger partial charge in [-0.15, -0.1) is 0 Å². The van der Waals surface area contributed by atoms with Crippen LogP contribution in [0.1, 0.15) is 27.7 Å². The number of ether oxygens (including phenoxy) is 4. The molecule has 0 radical (unpaired) electrons. The van der Waals surface area contributed by atoms with Gasteiger partial charge in [0.1, 0.15) is 31.2 Å². The Kier molecular flexibility index (Phi) is 3.61. The van der Waals surface area contributed by atoms with Crippen molar-refractivity contribution >= 4 is 21.9 Å². The van der Waals surface area contributed by atoms with Crippen LogP contribution in [-0.4, -0.2) is 36.6 Å². The van der Waals surface area contributed by atoms with Gasteiger partial charge in [-0.2, -0.15) is 0 Å². The number of fused-ring (bicyclic) bond motifs is 2. The van der Waals surface area contributed by atoms with Crippen LogP contribution < -0.4 is 15.1 Å². The Morgan fingerprint density at radius 3 is 2.04 bits per heavy atom. The van der Waals surface area contributed by atoms with Gasteiger partial charge in [-0.1, -0.05) is 0 Å². The molecule has 2 saturated heterocycles. The number of furan rings is 1. The lowest BCUT2D eigenvalue weighted by atomic mass is 10.1. The number of benzene rings is 1. The quantitative estimate of drug-likeness (QED) is 0.472. The van der Waals surface area contributed by atoms with Gasteiger partial charge < -0.3 is 27.8 Å². The van der Waals surface area contributed by atoms with E-state index in [0.29, 0.717) is 41.3 Å². The molecule has 0 spiro atoms. The molecule has 3 aromatic rings. The van der Waals surface area contributed by atoms with Crippen LogP contribution in [0.2, 0.25) is 0 Å². The van der Waals surface area contributed by atoms with Crippen LogP contribution in [0.15, 0.2) is 38.1 Å². The molecule has 0 unspecified atom stereocenters. The fourth-order valence-corrected chi connectivity index (χ4v) is 3.42. The molecule has 4 heterocycles. The predicted molar refractivity (Wildman–Crippen MR) is 101 cm³/mol. The topological polar surface area (TPSA) is 86.9 Å². The molecule has 2 fully saturated rings. The Labute approximate surface area is 161 Å². The minimum absolute atomic E-state index is 0.0189. The zero-order valence-corrected chi connectivity index (χ0v) is 16.2. The minimum Gasteiger partial charge on any atom is -0.489 e. The first kappa shape index (κ1) is 17.6. The number of rotatable bonds is 6. The SMILES string of the molecule is CC1(C)O[C@@H]1COc1c2ccoc2c(OC[C@H]2OC2(C)C)c2oc(=O)ccc12. The van der Waals surface area contributed by atoms with Crippen LogP contribution in [0.5, 0.6) is 11.5 Å². The zero-order valence-electron chi connectivity index (χ0n) is 16.2. The van der Waals surface area contributed by atoms with Crippen molar-refractivity contribution in [1.29, 1.82) is 0 Å². The monoisotopic (exact) mass is 386 g/mol. The van der Waals surface area contributed by atoms with Gasteiger partial charge >= 0.3 is 5.63 Å². The molecule has 5 rings (SSSR count). The lowest BCUT2D eigenvalue weighted by molar-refractivity contribution is 0.252. The van der Waals surface area contributed by atoms with Crippen molar-refractivity contribution in [2.24, 2.45) is 0 Å². The second-order valence-corrected chi connectivity index (χ2v) is 8.36. The molecular weight excluding hydrogens is 364 g/mol. The summed E-state index contributed by atoms with van der Waals surface area (Å²) >= 11 is 0. The summed E-state index contributed by atoms with van der Waals surface area (Å²) in [6.45, 7) is 8.76. The van der Waals surface area contributed by atoms with Crippen LogP contribution in [-0.2, 0) is 9.47 Å². The molecule has 0 N–H and O–H groups in total. The van der Waals surface area contributed by atoms with Crippen LogP contribution in [0.4, 0.5) is 0 Å². The first-order valence-corrected chi connectivity index (χ1v) is 9.34. The maximum atomic E-state index is 11.9. The molecule has 7 heteroatoms. The van der Waals surface area contributed by atoms with Gasteiger partial charge in [0.15, 0.2) is 11.2 Å². The average Bonchev–Trinajstić information content (AvgIpc) is 3.32. The van der Waals surface area contributed by atoms with E-state index in [2.05, 4.69) is 0 Å². The van der Waals surface area contributed by atoms with E-state index >= 15 is 0 Å². The molecule has 1 aromatic carbocycles. The normalized spacial score (nSPS) is 24.4. The molecule has 0 saturated carbocycles. The summed E-state index contributed by atoms with van der Waals surface area (Å²) in [5, 5.41) is 1.41. The van der Waals surface area contributed by atoms with Crippen molar-refractivity contribution in [3.8, 4) is 11.5 Å². The fraction of sp³-hybridized carbons (Fsp3) is 0.476. The molecule has 148 valence electrons. The number of hydrogen-bond acceptors (Lipinski definition) is 7. The highest BCUT2D eigenvalue weighted by Gasteiger charge is 2.49. The summed E-state index contributed by atoms with van der Waals surface area (Å²) in [6.07, 6.45) is 1.56. The van der Waals surface area contributed by atoms with E-state index in [1.807, 2.05) is 33.8 Å². The predicted octanol–water partition coefficient (Wildman–Crippen LogP) is 3.65. The summed E-state index contributed by atoms with van der Waals surface area (Å²) in [5.74, 6) is 0.971. The summed E-state index contributed by atoms with van der Waals surface area (Å²) in [7, 11) is 0. The fourth-order valence-electron chi connectivity index (χ4n) is 3.42. The molecule has 2 atom stereocenters. The maximum absolute atomic E-state index is 11.9. The van der Waals surface area contributed by atoms with E-state index in [0.717, 1.165) is 5.39 Å². The van der Waals surface area contributed by atoms with Crippen molar-refractivity contribution in [2.45, 2.75) is 51.1 Å². The lowest BCUT2D eigenvalue weighted by Gasteiger charge is -2.13. The van der Waals surface area contributed by atoms with E-state index in [-0.39, 0.29) is 23.4 Å². The van der Waals surface area contributed by atoms with Gasteiger partial charge in [0.05, 0.1) is 28.2 Å². The van der Waals surface area contributed by atoms with Crippen LogP contribution >= 0.6 is 0 Å². The van der Waals surface area contributed by atoms with E-state index in [1.165, 1.54) is 6.07 Å². The van der Waals surface area contributed by atoms with E-state index in [4.69, 9.17) is 27.8 Å². The van der Waals surface area contributed by atoms with Gasteiger partial charge in [-0.25, -0.2) is 4.79 Å². The molecule has 2 aromatic heterocycles. The van der Waals surface area contributed by atoms with Crippen molar-refractivity contribution < 1.29 is 27.8 Å². The third kappa shape index (κ3) is 2.86. The van der Waals surface area contributed by atoms with Crippen molar-refractivity contribution in [3.05, 3.63) is 34.9 Å². The average molecular weight is 386 g/mol. The molecule has 28 heavy (non-hydrogen) atoms. The number of hydrogen-bond donors (Lipinski definition) is 0. The second-order valence-electron chi connectivity index (χ2n) is 8.36. The molecular formula is C21H22O7. The smallest absolute Gasteiger partial charge is 0.336 e. The van der Waals surface area contributed by atoms with E-state index < -0.39 is 5.63 Å². The third-order valence-electron chi connectivity index (χ3n) is 5.49. The lowest BCUT2D eigenvalue weighted by Crippen LogP contribution is -2.14. The Balaban J connectivity index is 1.57. The largest absolute Gasteiger partial charge is 0.489 e. The zero-order chi connectivity index (χ0) is 19.7. The first-order chi connectivity index (χ1) is 13.3. The number of epoxide rings is 2. The molecule has 0 aliphatic carbocycles. The Bertz CT molecular complexity index is 1120. The van der Waals surface area contributed by atoms with Crippen molar-refractivity contribution in [2.75, 3.05) is 13.2 Å². The summed E-state index contributed by atoms with van der Waals surface area (Å²) in [4.78, 5) is 11.9. The molecule has 0 bridgehead atoms. The van der Waals surface area contributed by atoms with Gasteiger partial charge in [-0.05, 0) is 39.8 Å². The third-order valence-corrected chi connectivity index (χ3v) is 5.49. The Morgan fingerprint density at radius 1 is 0.857 bits per heavy atom. The summed E-state index contributed by atoms with van der Waals surface area (Å²) < 4.78 is 34.4. The molecule has 2 aliphatic rings. The Morgan fingerprint density at radius 2 is 1.43 bits per heavy atom. The van der Waals surface area contributed by atoms with Crippen LogP contribution in [0.3, 0.4) is 0 Å². The minimum atomic E-state index is -0.469. The van der Waals surface area contributed by atoms with E-state index in [9.17, 15) is 4.79 Å². The summed E-state index contributed by atoms with van der Waals surface area (Å²) in [6, 6.07) is 4.88. The summed E-state index contributed by atoms with van der Waals surface area (Å²) in [5.41, 5.74) is -0.0774. The van der Waals surface area contributed by atoms with Gasteiger partial charge in [0.25, 0.3) is 0 Å². The van der Waals surface area contributed by atoms with Crippen LogP contribution in [0.25, 0.3) is 21.9 Å². The first-order valence-electron chi connectivity index (χ1n) is 9.34. The van der Waals surface area contributed by atoms with Crippen LogP contribution in [0, 0.1) is 0 Å². The van der Waals surface area contributed by atoms with Gasteiger partial charge in [0.2, 0.25) is 5.75 Å². The molecule has 2 aliphatic heterocycles. The van der Waals surface area contributed by atoms with Gasteiger partial charge in [-0.3, -0.25) is 0 Å². The highest BCUT2D eigenvalue weighted by molar-refractivity contribution is 6.06. The maximum Gasteiger partial charge on any atom is 0.336 e. The highest BCUT2D eigenvalue weighted by Crippen LogP contribution is 2.45. The Hall–Kier alpha value is -2.51. The second kappa shape index (κ2) is 5.75. The standard InChI is InChI=1S/C21H22O7/c1-20(2)13(27-20)9-24-16-11-5-6-15(22)26-18(11)19(17-12(16)7-8-23-17)25-10-14-21(3,4)28-14/h5-8,13-14H,9-10H2,1-4H3/t13-,14-/m1/s1. The highest BCUT2D eigenvalue weighted by atomic mass is 16.6. The van der Waals surface area contributed by atoms with Crippen molar-refractivity contribution in [1.82, 2.24) is 0 Å². The molecule has 7 nitrogen and oxygen atoms in total. The molecule has 0 amide bonds. The van der Waals surface area contributed by atoms with Crippen molar-refractivity contribution in [3.63, 3.8) is 0 Å². The van der Waals surface area contributed by atoms with E-state index in [1.54, 1.807) is 12.3 Å².